The molecule has 0 aliphatic rings. The molecule has 0 unspecified atom stereocenters. The van der Waals surface area contributed by atoms with E-state index in [9.17, 15) is 0 Å². The number of allylic oxidation sites excluding steroid dienone is 3. The summed E-state index contributed by atoms with van der Waals surface area (Å²) in [6.07, 6.45) is 9.02. The number of nitrogens with two attached hydrogens (primary N) is 1. The molecule has 0 radical (unpaired) electrons. The molecule has 0 heterocycles. The minimum absolute atomic E-state index is 0.372. The Morgan fingerprint density at radius 3 is 2.45 bits per heavy atom. The van der Waals surface area contributed by atoms with E-state index in [0.717, 1.165) is 6.42 Å². The molecule has 0 rings (SSSR count). The molecule has 0 aliphatic heterocycles. The predicted molar refractivity (Wildman–Crippen MR) is 49.7 cm³/mol. The highest BCUT2D eigenvalue weighted by atomic mass is 15.4. The van der Waals surface area contributed by atoms with Crippen molar-refractivity contribution in [2.45, 2.75) is 33.2 Å². The van der Waals surface area contributed by atoms with Crippen LogP contribution in [-0.2, 0) is 0 Å². The van der Waals surface area contributed by atoms with Gasteiger partial charge in [0.05, 0.1) is 0 Å². The fourth-order valence-electron chi connectivity index (χ4n) is 0.569. The molecular weight excluding hydrogens is 136 g/mol. The largest absolute Gasteiger partial charge is 0.316 e. The first-order valence-corrected chi connectivity index (χ1v) is 3.99. The van der Waals surface area contributed by atoms with Crippen LogP contribution in [0.1, 0.15) is 27.2 Å². The predicted octanol–water partition coefficient (Wildman–Crippen LogP) is 2.05. The number of rotatable bonds is 4. The van der Waals surface area contributed by atoms with Crippen LogP contribution in [0.2, 0.25) is 0 Å². The fourth-order valence-corrected chi connectivity index (χ4v) is 0.569. The third kappa shape index (κ3) is 5.67. The first-order valence-electron chi connectivity index (χ1n) is 3.99. The van der Waals surface area contributed by atoms with Crippen molar-refractivity contribution in [1.29, 1.82) is 0 Å². The average Bonchev–Trinajstić information content (AvgIpc) is 1.97. The van der Waals surface area contributed by atoms with Gasteiger partial charge in [-0.05, 0) is 27.2 Å². The van der Waals surface area contributed by atoms with Crippen LogP contribution in [0.15, 0.2) is 24.4 Å². The normalized spacial score (nSPS) is 12.1. The lowest BCUT2D eigenvalue weighted by Crippen LogP contribution is -2.31. The third-order valence-electron chi connectivity index (χ3n) is 1.38. The van der Waals surface area contributed by atoms with Gasteiger partial charge in [-0.15, -0.1) is 0 Å². The van der Waals surface area contributed by atoms with Crippen molar-refractivity contribution in [3.05, 3.63) is 24.4 Å². The van der Waals surface area contributed by atoms with Crippen molar-refractivity contribution >= 4 is 0 Å². The SMILES string of the molecule is CC=CCC=CN(N)C(C)C. The molecule has 2 nitrogen and oxygen atoms in total. The van der Waals surface area contributed by atoms with Crippen LogP contribution in [-0.4, -0.2) is 11.1 Å². The third-order valence-corrected chi connectivity index (χ3v) is 1.38. The van der Waals surface area contributed by atoms with Gasteiger partial charge in [0, 0.05) is 12.2 Å². The molecule has 0 bridgehead atoms. The molecule has 0 amide bonds. The Morgan fingerprint density at radius 1 is 1.36 bits per heavy atom. The lowest BCUT2D eigenvalue weighted by molar-refractivity contribution is 0.322. The standard InChI is InChI=1S/C9H18N2/c1-4-5-6-7-8-11(10)9(2)3/h4-5,7-9H,6,10H2,1-3H3. The second-order valence-electron chi connectivity index (χ2n) is 2.73. The molecular formula is C9H18N2. The molecule has 0 aliphatic carbocycles. The topological polar surface area (TPSA) is 29.3 Å². The van der Waals surface area contributed by atoms with Gasteiger partial charge < -0.3 is 5.01 Å². The van der Waals surface area contributed by atoms with Crippen LogP contribution in [0.25, 0.3) is 0 Å². The zero-order valence-corrected chi connectivity index (χ0v) is 7.62. The number of nitrogens with zero attached hydrogens (tertiary/aromatic N) is 1. The molecule has 0 aromatic heterocycles. The van der Waals surface area contributed by atoms with Crippen LogP contribution in [0.4, 0.5) is 0 Å². The van der Waals surface area contributed by atoms with Gasteiger partial charge in [0.2, 0.25) is 0 Å². The summed E-state index contributed by atoms with van der Waals surface area (Å²) in [5.41, 5.74) is 0. The summed E-state index contributed by atoms with van der Waals surface area (Å²) >= 11 is 0. The lowest BCUT2D eigenvalue weighted by Gasteiger charge is -2.17. The summed E-state index contributed by atoms with van der Waals surface area (Å²) in [5.74, 6) is 5.62. The lowest BCUT2D eigenvalue weighted by atomic mass is 10.3. The van der Waals surface area contributed by atoms with Crippen molar-refractivity contribution in [3.63, 3.8) is 0 Å². The number of hydrazine groups is 1. The average molecular weight is 154 g/mol. The van der Waals surface area contributed by atoms with E-state index in [1.54, 1.807) is 5.01 Å². The molecule has 0 atom stereocenters. The van der Waals surface area contributed by atoms with E-state index in [4.69, 9.17) is 5.84 Å². The fraction of sp³-hybridized carbons (Fsp3) is 0.556. The van der Waals surface area contributed by atoms with Gasteiger partial charge in [-0.25, -0.2) is 5.84 Å². The van der Waals surface area contributed by atoms with Gasteiger partial charge in [0.15, 0.2) is 0 Å². The molecule has 2 heteroatoms. The summed E-state index contributed by atoms with van der Waals surface area (Å²) in [7, 11) is 0. The maximum absolute atomic E-state index is 5.62. The molecule has 64 valence electrons. The van der Waals surface area contributed by atoms with Crippen molar-refractivity contribution < 1.29 is 0 Å². The maximum Gasteiger partial charge on any atom is 0.0389 e. The maximum atomic E-state index is 5.62. The first kappa shape index (κ1) is 10.2. The first-order chi connectivity index (χ1) is 5.18. The highest BCUT2D eigenvalue weighted by Gasteiger charge is 1.94. The van der Waals surface area contributed by atoms with Crippen molar-refractivity contribution in [2.24, 2.45) is 5.84 Å². The Bertz CT molecular complexity index is 136. The Labute approximate surface area is 69.3 Å². The zero-order chi connectivity index (χ0) is 8.69. The summed E-state index contributed by atoms with van der Waals surface area (Å²) < 4.78 is 0. The van der Waals surface area contributed by atoms with E-state index in [0.29, 0.717) is 6.04 Å². The van der Waals surface area contributed by atoms with Gasteiger partial charge in [0.1, 0.15) is 0 Å². The molecule has 0 saturated heterocycles. The van der Waals surface area contributed by atoms with Gasteiger partial charge in [-0.3, -0.25) is 0 Å². The minimum Gasteiger partial charge on any atom is -0.316 e. The van der Waals surface area contributed by atoms with Crippen LogP contribution in [0.3, 0.4) is 0 Å². The highest BCUT2D eigenvalue weighted by molar-refractivity contribution is 4.90. The Balaban J connectivity index is 3.56. The van der Waals surface area contributed by atoms with E-state index in [1.165, 1.54) is 0 Å². The Kier molecular flexibility index (Phi) is 5.57. The van der Waals surface area contributed by atoms with Crippen LogP contribution >= 0.6 is 0 Å². The van der Waals surface area contributed by atoms with E-state index in [2.05, 4.69) is 19.9 Å². The molecule has 11 heavy (non-hydrogen) atoms. The van der Waals surface area contributed by atoms with E-state index < -0.39 is 0 Å². The van der Waals surface area contributed by atoms with Gasteiger partial charge in [0.25, 0.3) is 0 Å². The zero-order valence-electron chi connectivity index (χ0n) is 7.62. The summed E-state index contributed by atoms with van der Waals surface area (Å²) in [4.78, 5) is 0. The van der Waals surface area contributed by atoms with E-state index in [-0.39, 0.29) is 0 Å². The smallest absolute Gasteiger partial charge is 0.0389 e. The van der Waals surface area contributed by atoms with Crippen LogP contribution in [0.5, 0.6) is 0 Å². The van der Waals surface area contributed by atoms with Crippen molar-refractivity contribution in [2.75, 3.05) is 0 Å². The number of hydrogen-bond acceptors (Lipinski definition) is 2. The second kappa shape index (κ2) is 5.98. The summed E-state index contributed by atoms with van der Waals surface area (Å²) in [6.45, 7) is 6.12. The Hall–Kier alpha value is -0.760. The monoisotopic (exact) mass is 154 g/mol. The Morgan fingerprint density at radius 2 is 2.00 bits per heavy atom. The van der Waals surface area contributed by atoms with Gasteiger partial charge in [-0.2, -0.15) is 0 Å². The highest BCUT2D eigenvalue weighted by Crippen LogP contribution is 1.92. The summed E-state index contributed by atoms with van der Waals surface area (Å²) in [6, 6.07) is 0.372. The van der Waals surface area contributed by atoms with Crippen LogP contribution in [0, 0.1) is 0 Å². The van der Waals surface area contributed by atoms with E-state index >= 15 is 0 Å². The van der Waals surface area contributed by atoms with E-state index in [1.807, 2.05) is 25.3 Å². The van der Waals surface area contributed by atoms with Gasteiger partial charge in [-0.1, -0.05) is 18.2 Å². The van der Waals surface area contributed by atoms with Crippen molar-refractivity contribution in [3.8, 4) is 0 Å². The minimum atomic E-state index is 0.372. The molecule has 0 spiro atoms. The molecule has 2 N–H and O–H groups in total. The second-order valence-corrected chi connectivity index (χ2v) is 2.73. The molecule has 0 aromatic rings. The van der Waals surface area contributed by atoms with Gasteiger partial charge >= 0.3 is 0 Å². The molecule has 0 saturated carbocycles. The number of hydrogen-bond donors (Lipinski definition) is 1. The molecule has 0 aromatic carbocycles. The summed E-state index contributed by atoms with van der Waals surface area (Å²) in [5, 5.41) is 1.70. The van der Waals surface area contributed by atoms with Crippen LogP contribution < -0.4 is 5.84 Å². The molecule has 0 fully saturated rings. The van der Waals surface area contributed by atoms with Crippen molar-refractivity contribution in [1.82, 2.24) is 5.01 Å². The quantitative estimate of drug-likeness (QED) is 0.381.